The van der Waals surface area contributed by atoms with Crippen LogP contribution in [0.2, 0.25) is 0 Å². The second-order valence-corrected chi connectivity index (χ2v) is 4.91. The van der Waals surface area contributed by atoms with Crippen LogP contribution in [0.25, 0.3) is 11.4 Å². The maximum atomic E-state index is 5.75. The van der Waals surface area contributed by atoms with Gasteiger partial charge in [0.2, 0.25) is 11.7 Å². The molecular weight excluding hydrogens is 226 g/mol. The van der Waals surface area contributed by atoms with Crippen molar-refractivity contribution < 1.29 is 4.52 Å². The molecule has 1 aromatic carbocycles. The van der Waals surface area contributed by atoms with Gasteiger partial charge in [-0.15, -0.1) is 0 Å². The number of aryl methyl sites for hydroxylation is 1. The van der Waals surface area contributed by atoms with Crippen LogP contribution < -0.4 is 5.73 Å². The zero-order valence-corrected chi connectivity index (χ0v) is 11.1. The van der Waals surface area contributed by atoms with E-state index in [-0.39, 0.29) is 5.92 Å². The van der Waals surface area contributed by atoms with Crippen molar-refractivity contribution in [1.82, 2.24) is 10.1 Å². The van der Waals surface area contributed by atoms with Gasteiger partial charge in [-0.05, 0) is 18.9 Å². The first-order valence-corrected chi connectivity index (χ1v) is 6.22. The van der Waals surface area contributed by atoms with Gasteiger partial charge in [0.05, 0.1) is 5.92 Å². The van der Waals surface area contributed by atoms with E-state index in [0.717, 1.165) is 5.56 Å². The quantitative estimate of drug-likeness (QED) is 0.899. The van der Waals surface area contributed by atoms with Crippen molar-refractivity contribution in [1.29, 1.82) is 0 Å². The highest BCUT2D eigenvalue weighted by molar-refractivity contribution is 5.55. The monoisotopic (exact) mass is 245 g/mol. The van der Waals surface area contributed by atoms with Gasteiger partial charge in [0, 0.05) is 12.1 Å². The molecule has 2 rings (SSSR count). The molecule has 1 heterocycles. The molecule has 96 valence electrons. The highest BCUT2D eigenvalue weighted by atomic mass is 16.5. The third-order valence-corrected chi connectivity index (χ3v) is 3.09. The molecule has 0 fully saturated rings. The van der Waals surface area contributed by atoms with Gasteiger partial charge in [-0.1, -0.05) is 42.8 Å². The van der Waals surface area contributed by atoms with Crippen LogP contribution in [-0.4, -0.2) is 16.7 Å². The third kappa shape index (κ3) is 2.59. The number of nitrogens with two attached hydrogens (primary N) is 1. The van der Waals surface area contributed by atoms with E-state index in [9.17, 15) is 0 Å². The Bertz CT molecular complexity index is 519. The van der Waals surface area contributed by atoms with Crippen LogP contribution in [0, 0.1) is 12.8 Å². The summed E-state index contributed by atoms with van der Waals surface area (Å²) in [6, 6.07) is 8.06. The number of nitrogens with zero attached hydrogens (tertiary/aromatic N) is 2. The Morgan fingerprint density at radius 1 is 1.33 bits per heavy atom. The highest BCUT2D eigenvalue weighted by Crippen LogP contribution is 2.24. The Balaban J connectivity index is 2.30. The van der Waals surface area contributed by atoms with E-state index >= 15 is 0 Å². The van der Waals surface area contributed by atoms with Crippen LogP contribution in [0.3, 0.4) is 0 Å². The Morgan fingerprint density at radius 2 is 2.11 bits per heavy atom. The molecule has 0 amide bonds. The highest BCUT2D eigenvalue weighted by Gasteiger charge is 2.21. The Kier molecular flexibility index (Phi) is 3.77. The Morgan fingerprint density at radius 3 is 2.72 bits per heavy atom. The average molecular weight is 245 g/mol. The van der Waals surface area contributed by atoms with Crippen LogP contribution in [0.4, 0.5) is 0 Å². The van der Waals surface area contributed by atoms with Crippen LogP contribution in [-0.2, 0) is 0 Å². The largest absolute Gasteiger partial charge is 0.339 e. The second-order valence-electron chi connectivity index (χ2n) is 4.91. The summed E-state index contributed by atoms with van der Waals surface area (Å²) in [5, 5.41) is 4.04. The molecule has 0 aliphatic rings. The zero-order chi connectivity index (χ0) is 13.1. The first-order chi connectivity index (χ1) is 8.61. The molecule has 2 aromatic rings. The lowest BCUT2D eigenvalue weighted by Gasteiger charge is -2.13. The van der Waals surface area contributed by atoms with E-state index in [1.807, 2.05) is 31.2 Å². The molecule has 4 heteroatoms. The predicted molar refractivity (Wildman–Crippen MR) is 71.1 cm³/mol. The number of hydrogen-bond donors (Lipinski definition) is 1. The summed E-state index contributed by atoms with van der Waals surface area (Å²) >= 11 is 0. The van der Waals surface area contributed by atoms with E-state index < -0.39 is 0 Å². The van der Waals surface area contributed by atoms with Crippen LogP contribution >= 0.6 is 0 Å². The van der Waals surface area contributed by atoms with Crippen molar-refractivity contribution in [3.63, 3.8) is 0 Å². The molecule has 0 saturated heterocycles. The molecule has 1 atom stereocenters. The predicted octanol–water partition coefficient (Wildman–Crippen LogP) is 2.74. The average Bonchev–Trinajstić information content (AvgIpc) is 2.79. The van der Waals surface area contributed by atoms with Gasteiger partial charge < -0.3 is 10.3 Å². The summed E-state index contributed by atoms with van der Waals surface area (Å²) in [5.74, 6) is 1.77. The van der Waals surface area contributed by atoms with Gasteiger partial charge in [0.15, 0.2) is 0 Å². The summed E-state index contributed by atoms with van der Waals surface area (Å²) in [5.41, 5.74) is 7.91. The molecule has 0 aliphatic heterocycles. The summed E-state index contributed by atoms with van der Waals surface area (Å²) in [4.78, 5) is 4.46. The fourth-order valence-electron chi connectivity index (χ4n) is 1.95. The van der Waals surface area contributed by atoms with Gasteiger partial charge >= 0.3 is 0 Å². The molecule has 18 heavy (non-hydrogen) atoms. The molecule has 1 aromatic heterocycles. The minimum Gasteiger partial charge on any atom is -0.339 e. The molecular formula is C14H19N3O. The zero-order valence-electron chi connectivity index (χ0n) is 11.1. The lowest BCUT2D eigenvalue weighted by atomic mass is 9.96. The van der Waals surface area contributed by atoms with Gasteiger partial charge in [-0.2, -0.15) is 4.98 Å². The number of hydrogen-bond acceptors (Lipinski definition) is 4. The fourth-order valence-corrected chi connectivity index (χ4v) is 1.95. The summed E-state index contributed by atoms with van der Waals surface area (Å²) in [6.45, 7) is 6.77. The maximum Gasteiger partial charge on any atom is 0.231 e. The van der Waals surface area contributed by atoms with Crippen LogP contribution in [0.15, 0.2) is 28.8 Å². The second kappa shape index (κ2) is 5.31. The summed E-state index contributed by atoms with van der Waals surface area (Å²) < 4.78 is 5.33. The van der Waals surface area contributed by atoms with E-state index in [2.05, 4.69) is 24.0 Å². The van der Waals surface area contributed by atoms with Crippen molar-refractivity contribution in [2.24, 2.45) is 11.7 Å². The topological polar surface area (TPSA) is 64.9 Å². The van der Waals surface area contributed by atoms with Crippen molar-refractivity contribution >= 4 is 0 Å². The van der Waals surface area contributed by atoms with Crippen molar-refractivity contribution in [3.05, 3.63) is 35.7 Å². The van der Waals surface area contributed by atoms with Gasteiger partial charge in [0.1, 0.15) is 0 Å². The summed E-state index contributed by atoms with van der Waals surface area (Å²) in [6.07, 6.45) is 0. The number of rotatable bonds is 4. The fraction of sp³-hybridized carbons (Fsp3) is 0.429. The van der Waals surface area contributed by atoms with Crippen molar-refractivity contribution in [2.45, 2.75) is 26.7 Å². The maximum absolute atomic E-state index is 5.75. The molecule has 0 bridgehead atoms. The van der Waals surface area contributed by atoms with E-state index in [1.165, 1.54) is 5.56 Å². The smallest absolute Gasteiger partial charge is 0.231 e. The molecule has 0 saturated carbocycles. The number of aromatic nitrogens is 2. The molecule has 0 radical (unpaired) electrons. The first-order valence-electron chi connectivity index (χ1n) is 6.22. The Hall–Kier alpha value is -1.68. The normalized spacial score (nSPS) is 12.9. The van der Waals surface area contributed by atoms with E-state index in [1.54, 1.807) is 0 Å². The SMILES string of the molecule is Cc1cccc(-c2noc(C(CN)C(C)C)n2)c1. The molecule has 0 spiro atoms. The summed E-state index contributed by atoms with van der Waals surface area (Å²) in [7, 11) is 0. The van der Waals surface area contributed by atoms with E-state index in [0.29, 0.717) is 24.2 Å². The minimum atomic E-state index is 0.121. The minimum absolute atomic E-state index is 0.121. The van der Waals surface area contributed by atoms with E-state index in [4.69, 9.17) is 10.3 Å². The van der Waals surface area contributed by atoms with Crippen LogP contribution in [0.1, 0.15) is 31.2 Å². The third-order valence-electron chi connectivity index (χ3n) is 3.09. The lowest BCUT2D eigenvalue weighted by molar-refractivity contribution is 0.324. The lowest BCUT2D eigenvalue weighted by Crippen LogP contribution is -2.18. The van der Waals surface area contributed by atoms with Crippen LogP contribution in [0.5, 0.6) is 0 Å². The Labute approximate surface area is 107 Å². The van der Waals surface area contributed by atoms with Gasteiger partial charge in [-0.25, -0.2) is 0 Å². The molecule has 2 N–H and O–H groups in total. The first kappa shape index (κ1) is 12.8. The van der Waals surface area contributed by atoms with Gasteiger partial charge in [0.25, 0.3) is 0 Å². The number of benzene rings is 1. The molecule has 1 unspecified atom stereocenters. The molecule has 4 nitrogen and oxygen atoms in total. The standard InChI is InChI=1S/C14H19N3O/c1-9(2)12(8-15)14-16-13(17-18-14)11-6-4-5-10(3)7-11/h4-7,9,12H,8,15H2,1-3H3. The van der Waals surface area contributed by atoms with Crippen molar-refractivity contribution in [2.75, 3.05) is 6.54 Å². The van der Waals surface area contributed by atoms with Gasteiger partial charge in [-0.3, -0.25) is 0 Å². The van der Waals surface area contributed by atoms with Crippen molar-refractivity contribution in [3.8, 4) is 11.4 Å². The molecule has 0 aliphatic carbocycles.